The summed E-state index contributed by atoms with van der Waals surface area (Å²) in [6, 6.07) is 4.77. The molecule has 1 atom stereocenters. The molecule has 1 aliphatic rings. The second kappa shape index (κ2) is 6.94. The molecular weight excluding hydrogens is 402 g/mol. The van der Waals surface area contributed by atoms with Crippen molar-refractivity contribution in [3.8, 4) is 0 Å². The predicted molar refractivity (Wildman–Crippen MR) is 103 cm³/mol. The van der Waals surface area contributed by atoms with Gasteiger partial charge in [0.05, 0.1) is 18.4 Å². The number of hydrogen-bond acceptors (Lipinski definition) is 7. The van der Waals surface area contributed by atoms with Crippen LogP contribution in [0.25, 0.3) is 0 Å². The molecular formula is C19H20F2N4O3S. The zero-order valence-electron chi connectivity index (χ0n) is 16.1. The molecule has 2 N–H and O–H groups in total. The Bertz CT molecular complexity index is 1110. The molecule has 0 bridgehead atoms. The van der Waals surface area contributed by atoms with E-state index in [-0.39, 0.29) is 29.3 Å². The van der Waals surface area contributed by atoms with E-state index in [1.54, 1.807) is 0 Å². The van der Waals surface area contributed by atoms with Crippen molar-refractivity contribution in [2.75, 3.05) is 5.75 Å². The Hall–Kier alpha value is -2.75. The van der Waals surface area contributed by atoms with Crippen LogP contribution in [0, 0.1) is 11.6 Å². The van der Waals surface area contributed by atoms with Crippen molar-refractivity contribution in [1.29, 1.82) is 0 Å². The first-order valence-corrected chi connectivity index (χ1v) is 10.4. The maximum atomic E-state index is 14.6. The molecule has 3 heterocycles. The fourth-order valence-electron chi connectivity index (χ4n) is 3.02. The van der Waals surface area contributed by atoms with Crippen LogP contribution < -0.4 is 5.73 Å². The largest absolute Gasteiger partial charge is 0.386 e. The van der Waals surface area contributed by atoms with E-state index in [4.69, 9.17) is 5.73 Å². The minimum Gasteiger partial charge on any atom is -0.386 e. The lowest BCUT2D eigenvalue weighted by atomic mass is 9.97. The van der Waals surface area contributed by atoms with Gasteiger partial charge in [-0.25, -0.2) is 17.2 Å². The lowest BCUT2D eigenvalue weighted by Crippen LogP contribution is -2.55. The van der Waals surface area contributed by atoms with Gasteiger partial charge in [0.15, 0.2) is 15.6 Å². The molecule has 0 aliphatic carbocycles. The molecule has 0 radical (unpaired) electrons. The van der Waals surface area contributed by atoms with Gasteiger partial charge >= 0.3 is 0 Å². The number of aliphatic imine (C=N–C) groups is 1. The lowest BCUT2D eigenvalue weighted by molar-refractivity contribution is 0.0987. The van der Waals surface area contributed by atoms with E-state index in [1.165, 1.54) is 32.9 Å². The van der Waals surface area contributed by atoms with Gasteiger partial charge in [0.25, 0.3) is 0 Å². The number of hydrogen-bond donors (Lipinski definition) is 1. The highest BCUT2D eigenvalue weighted by Gasteiger charge is 2.50. The van der Waals surface area contributed by atoms with Crippen molar-refractivity contribution in [2.45, 2.75) is 37.5 Å². The predicted octanol–water partition coefficient (Wildman–Crippen LogP) is 1.96. The van der Waals surface area contributed by atoms with Gasteiger partial charge in [-0.15, -0.1) is 0 Å². The van der Waals surface area contributed by atoms with Crippen molar-refractivity contribution in [2.24, 2.45) is 10.7 Å². The van der Waals surface area contributed by atoms with Crippen LogP contribution in [0.2, 0.25) is 0 Å². The fraction of sp³-hybridized carbons (Fsp3) is 0.368. The molecule has 0 amide bonds. The van der Waals surface area contributed by atoms with Crippen LogP contribution in [0.4, 0.5) is 8.78 Å². The molecule has 0 fully saturated rings. The molecule has 0 saturated carbocycles. The number of aromatic nitrogens is 2. The quantitative estimate of drug-likeness (QED) is 0.753. The minimum absolute atomic E-state index is 0.0366. The van der Waals surface area contributed by atoms with Crippen LogP contribution in [0.1, 0.15) is 42.6 Å². The molecule has 0 spiro atoms. The van der Waals surface area contributed by atoms with Gasteiger partial charge in [-0.1, -0.05) is 0 Å². The van der Waals surface area contributed by atoms with Gasteiger partial charge in [0.1, 0.15) is 39.1 Å². The van der Waals surface area contributed by atoms with E-state index in [0.29, 0.717) is 0 Å². The summed E-state index contributed by atoms with van der Waals surface area (Å²) in [5.41, 5.74) is 4.38. The number of amidine groups is 1. The number of ketones is 1. The van der Waals surface area contributed by atoms with Crippen LogP contribution in [0.5, 0.6) is 0 Å². The summed E-state index contributed by atoms with van der Waals surface area (Å²) in [5.74, 6) is -2.39. The maximum absolute atomic E-state index is 14.6. The molecule has 10 heteroatoms. The van der Waals surface area contributed by atoms with E-state index < -0.39 is 43.3 Å². The molecule has 0 unspecified atom stereocenters. The van der Waals surface area contributed by atoms with Crippen LogP contribution in [0.15, 0.2) is 35.5 Å². The number of nitrogens with two attached hydrogens (primary N) is 1. The highest BCUT2D eigenvalue weighted by molar-refractivity contribution is 7.93. The van der Waals surface area contributed by atoms with E-state index >= 15 is 0 Å². The number of sulfone groups is 1. The Morgan fingerprint density at radius 1 is 1.17 bits per heavy atom. The molecule has 154 valence electrons. The van der Waals surface area contributed by atoms with Crippen LogP contribution in [0.3, 0.4) is 0 Å². The summed E-state index contributed by atoms with van der Waals surface area (Å²) >= 11 is 0. The zero-order chi connectivity index (χ0) is 21.6. The summed E-state index contributed by atoms with van der Waals surface area (Å²) in [4.78, 5) is 24.5. The third-order valence-corrected chi connectivity index (χ3v) is 7.71. The van der Waals surface area contributed by atoms with Gasteiger partial charge in [-0.3, -0.25) is 19.8 Å². The highest BCUT2D eigenvalue weighted by Crippen LogP contribution is 2.36. The number of rotatable bonds is 4. The molecule has 2 aromatic rings. The molecule has 1 aliphatic heterocycles. The molecule has 29 heavy (non-hydrogen) atoms. The van der Waals surface area contributed by atoms with E-state index in [9.17, 15) is 22.0 Å². The molecule has 0 aromatic carbocycles. The average molecular weight is 422 g/mol. The van der Waals surface area contributed by atoms with Crippen LogP contribution in [-0.4, -0.2) is 40.5 Å². The van der Waals surface area contributed by atoms with Crippen molar-refractivity contribution >= 4 is 21.5 Å². The summed E-state index contributed by atoms with van der Waals surface area (Å²) < 4.78 is 51.5. The molecule has 2 aromatic heterocycles. The second-order valence-corrected chi connectivity index (χ2v) is 10.2. The van der Waals surface area contributed by atoms with Crippen molar-refractivity contribution in [1.82, 2.24) is 9.97 Å². The number of carbonyl (C=O) groups is 1. The topological polar surface area (TPSA) is 115 Å². The van der Waals surface area contributed by atoms with Gasteiger partial charge in [-0.05, 0) is 45.0 Å². The van der Waals surface area contributed by atoms with Crippen molar-refractivity contribution < 1.29 is 22.0 Å². The standard InChI is InChI=1S/C19H20F2N4O3S/c1-18(2)17(22)25-19(3,10-29(18,27)28)16-13(21)6-5-12(24-16)8-15(26)14-7-4-11(20)9-23-14/h4-7,9H,8,10H2,1-3H3,(H2,22,25)/t19-/m0/s1. The number of nitrogens with zero attached hydrogens (tertiary/aromatic N) is 3. The van der Waals surface area contributed by atoms with Crippen molar-refractivity contribution in [3.63, 3.8) is 0 Å². The van der Waals surface area contributed by atoms with Gasteiger partial charge in [0, 0.05) is 5.69 Å². The zero-order valence-corrected chi connectivity index (χ0v) is 16.9. The summed E-state index contributed by atoms with van der Waals surface area (Å²) in [5, 5.41) is 0. The van der Waals surface area contributed by atoms with Gasteiger partial charge in [-0.2, -0.15) is 0 Å². The van der Waals surface area contributed by atoms with Gasteiger partial charge < -0.3 is 5.73 Å². The second-order valence-electron chi connectivity index (χ2n) is 7.63. The highest BCUT2D eigenvalue weighted by atomic mass is 32.2. The molecule has 0 saturated heterocycles. The SMILES string of the molecule is CC1(C)C(N)=N[C@](C)(c2nc(CC(=O)c3ccc(F)cn3)ccc2F)CS1(=O)=O. The average Bonchev–Trinajstić information content (AvgIpc) is 2.62. The Kier molecular flexibility index (Phi) is 5.02. The smallest absolute Gasteiger partial charge is 0.187 e. The van der Waals surface area contributed by atoms with E-state index in [0.717, 1.165) is 18.3 Å². The third kappa shape index (κ3) is 3.76. The number of Topliss-reactive ketones (excluding diaryl/α,β-unsaturated/α-hetero) is 1. The summed E-state index contributed by atoms with van der Waals surface area (Å²) in [7, 11) is -3.74. The van der Waals surface area contributed by atoms with Crippen LogP contribution in [-0.2, 0) is 21.8 Å². The summed E-state index contributed by atoms with van der Waals surface area (Å²) in [6.45, 7) is 4.32. The lowest BCUT2D eigenvalue weighted by Gasteiger charge is -2.37. The Morgan fingerprint density at radius 2 is 1.86 bits per heavy atom. The summed E-state index contributed by atoms with van der Waals surface area (Å²) in [6.07, 6.45) is 0.698. The van der Waals surface area contributed by atoms with Crippen molar-refractivity contribution in [3.05, 3.63) is 59.2 Å². The fourth-order valence-corrected chi connectivity index (χ4v) is 4.68. The normalized spacial score (nSPS) is 22.7. The number of halogens is 2. The number of carbonyl (C=O) groups excluding carboxylic acids is 1. The van der Waals surface area contributed by atoms with E-state index in [2.05, 4.69) is 15.0 Å². The first-order valence-electron chi connectivity index (χ1n) is 8.74. The molecule has 3 rings (SSSR count). The first-order chi connectivity index (χ1) is 13.4. The van der Waals surface area contributed by atoms with Crippen LogP contribution >= 0.6 is 0 Å². The Labute approximate surface area is 167 Å². The Balaban J connectivity index is 1.98. The number of pyridine rings is 2. The first kappa shape index (κ1) is 21.0. The Morgan fingerprint density at radius 3 is 2.45 bits per heavy atom. The monoisotopic (exact) mass is 422 g/mol. The van der Waals surface area contributed by atoms with E-state index in [1.807, 2.05) is 0 Å². The van der Waals surface area contributed by atoms with Gasteiger partial charge in [0.2, 0.25) is 0 Å². The molecule has 7 nitrogen and oxygen atoms in total. The maximum Gasteiger partial charge on any atom is 0.187 e. The minimum atomic E-state index is -3.74. The third-order valence-electron chi connectivity index (χ3n) is 5.00.